The van der Waals surface area contributed by atoms with Gasteiger partial charge >= 0.3 is 5.97 Å². The van der Waals surface area contributed by atoms with E-state index in [-0.39, 0.29) is 17.9 Å². The molecule has 92 valence electrons. The van der Waals surface area contributed by atoms with Crippen LogP contribution in [0, 0.1) is 5.41 Å². The Morgan fingerprint density at radius 3 is 2.62 bits per heavy atom. The summed E-state index contributed by atoms with van der Waals surface area (Å²) in [6, 6.07) is -0.706. The van der Waals surface area contributed by atoms with Crippen LogP contribution in [0.2, 0.25) is 0 Å². The highest BCUT2D eigenvalue weighted by atomic mass is 16.4. The molecule has 1 unspecified atom stereocenters. The summed E-state index contributed by atoms with van der Waals surface area (Å²) >= 11 is 0. The molecule has 1 atom stereocenters. The summed E-state index contributed by atoms with van der Waals surface area (Å²) < 4.78 is 0. The summed E-state index contributed by atoms with van der Waals surface area (Å²) in [7, 11) is 1.68. The van der Waals surface area contributed by atoms with Gasteiger partial charge in [-0.05, 0) is 25.3 Å². The number of aliphatic carboxylic acids is 1. The van der Waals surface area contributed by atoms with Gasteiger partial charge in [0.05, 0.1) is 6.54 Å². The molecule has 0 aromatic rings. The number of hydrogen-bond donors (Lipinski definition) is 2. The van der Waals surface area contributed by atoms with Crippen LogP contribution in [0.25, 0.3) is 0 Å². The minimum Gasteiger partial charge on any atom is -0.480 e. The summed E-state index contributed by atoms with van der Waals surface area (Å²) in [5.41, 5.74) is -0.354. The molecule has 5 heteroatoms. The van der Waals surface area contributed by atoms with E-state index in [1.54, 1.807) is 7.05 Å². The fraction of sp³-hybridized carbons (Fsp3) is 0.818. The number of nitrogens with zero attached hydrogens (tertiary/aromatic N) is 1. The summed E-state index contributed by atoms with van der Waals surface area (Å²) in [5.74, 6) is -1.04. The Balaban J connectivity index is 2.89. The minimum atomic E-state index is -0.908. The molecular weight excluding hydrogens is 208 g/mol. The Kier molecular flexibility index (Phi) is 3.91. The fourth-order valence-corrected chi connectivity index (χ4v) is 2.38. The molecule has 0 aliphatic carbocycles. The van der Waals surface area contributed by atoms with Crippen molar-refractivity contribution in [2.75, 3.05) is 20.1 Å². The van der Waals surface area contributed by atoms with E-state index in [2.05, 4.69) is 5.32 Å². The number of carbonyl (C=O) groups is 2. The summed E-state index contributed by atoms with van der Waals surface area (Å²) in [4.78, 5) is 24.6. The van der Waals surface area contributed by atoms with Crippen LogP contribution in [0.5, 0.6) is 0 Å². The second kappa shape index (κ2) is 4.82. The zero-order chi connectivity index (χ0) is 12.3. The first-order valence-corrected chi connectivity index (χ1v) is 5.57. The lowest BCUT2D eigenvalue weighted by molar-refractivity contribution is -0.158. The molecule has 0 saturated carbocycles. The van der Waals surface area contributed by atoms with Crippen molar-refractivity contribution < 1.29 is 14.7 Å². The Labute approximate surface area is 95.8 Å². The van der Waals surface area contributed by atoms with Crippen LogP contribution >= 0.6 is 0 Å². The largest absolute Gasteiger partial charge is 0.480 e. The van der Waals surface area contributed by atoms with Crippen molar-refractivity contribution >= 4 is 11.9 Å². The maximum Gasteiger partial charge on any atom is 0.326 e. The average Bonchev–Trinajstić information content (AvgIpc) is 2.15. The van der Waals surface area contributed by atoms with Crippen molar-refractivity contribution in [2.24, 2.45) is 5.41 Å². The number of rotatable bonds is 3. The highest BCUT2D eigenvalue weighted by Crippen LogP contribution is 2.35. The summed E-state index contributed by atoms with van der Waals surface area (Å²) in [6.07, 6.45) is 1.71. The number of nitrogens with one attached hydrogen (secondary N) is 1. The van der Waals surface area contributed by atoms with Gasteiger partial charge in [0.1, 0.15) is 6.04 Å². The Bertz CT molecular complexity index is 289. The van der Waals surface area contributed by atoms with Crippen LogP contribution < -0.4 is 5.32 Å². The van der Waals surface area contributed by atoms with Gasteiger partial charge in [0.25, 0.3) is 0 Å². The van der Waals surface area contributed by atoms with Crippen LogP contribution in [-0.4, -0.2) is 48.1 Å². The van der Waals surface area contributed by atoms with E-state index < -0.39 is 12.0 Å². The van der Waals surface area contributed by atoms with E-state index in [0.29, 0.717) is 6.54 Å². The lowest BCUT2D eigenvalue weighted by Gasteiger charge is -2.44. The quantitative estimate of drug-likeness (QED) is 0.729. The molecule has 0 radical (unpaired) electrons. The highest BCUT2D eigenvalue weighted by molar-refractivity contribution is 5.85. The van der Waals surface area contributed by atoms with Crippen molar-refractivity contribution in [3.8, 4) is 0 Å². The molecule has 1 fully saturated rings. The van der Waals surface area contributed by atoms with Gasteiger partial charge in [0, 0.05) is 6.54 Å². The maximum absolute atomic E-state index is 11.8. The van der Waals surface area contributed by atoms with Crippen molar-refractivity contribution in [3.05, 3.63) is 0 Å². The van der Waals surface area contributed by atoms with Crippen LogP contribution in [0.15, 0.2) is 0 Å². The molecule has 1 heterocycles. The predicted molar refractivity (Wildman–Crippen MR) is 60.1 cm³/mol. The predicted octanol–water partition coefficient (Wildman–Crippen LogP) is 0.308. The molecule has 1 rings (SSSR count). The molecule has 1 aliphatic rings. The minimum absolute atomic E-state index is 0.136. The van der Waals surface area contributed by atoms with Crippen molar-refractivity contribution in [1.82, 2.24) is 10.2 Å². The third kappa shape index (κ3) is 2.52. The van der Waals surface area contributed by atoms with E-state index >= 15 is 0 Å². The number of hydrogen-bond acceptors (Lipinski definition) is 3. The molecule has 0 aromatic carbocycles. The molecule has 2 N–H and O–H groups in total. The van der Waals surface area contributed by atoms with Crippen LogP contribution in [0.3, 0.4) is 0 Å². The van der Waals surface area contributed by atoms with Gasteiger partial charge in [-0.25, -0.2) is 4.79 Å². The standard InChI is InChI=1S/C11H20N2O3/c1-11(2)5-4-6-13(8(14)7-12-3)9(11)10(15)16/h9,12H,4-7H2,1-3H3,(H,15,16). The Hall–Kier alpha value is -1.10. The van der Waals surface area contributed by atoms with E-state index in [1.807, 2.05) is 13.8 Å². The van der Waals surface area contributed by atoms with Crippen molar-refractivity contribution in [1.29, 1.82) is 0 Å². The lowest BCUT2D eigenvalue weighted by atomic mass is 9.76. The van der Waals surface area contributed by atoms with Gasteiger partial charge in [-0.2, -0.15) is 0 Å². The van der Waals surface area contributed by atoms with Gasteiger partial charge in [-0.3, -0.25) is 4.79 Å². The smallest absolute Gasteiger partial charge is 0.326 e. The number of carboxylic acids is 1. The van der Waals surface area contributed by atoms with E-state index in [4.69, 9.17) is 0 Å². The Morgan fingerprint density at radius 2 is 2.12 bits per heavy atom. The van der Waals surface area contributed by atoms with E-state index in [1.165, 1.54) is 4.90 Å². The van der Waals surface area contributed by atoms with E-state index in [9.17, 15) is 14.7 Å². The van der Waals surface area contributed by atoms with Gasteiger partial charge in [-0.15, -0.1) is 0 Å². The summed E-state index contributed by atoms with van der Waals surface area (Å²) in [6.45, 7) is 4.55. The van der Waals surface area contributed by atoms with Crippen molar-refractivity contribution in [2.45, 2.75) is 32.7 Å². The first-order chi connectivity index (χ1) is 7.40. The number of carboxylic acid groups (broad SMARTS) is 1. The van der Waals surface area contributed by atoms with Gasteiger partial charge < -0.3 is 15.3 Å². The molecule has 1 aliphatic heterocycles. The molecule has 1 saturated heterocycles. The highest BCUT2D eigenvalue weighted by Gasteiger charge is 2.44. The fourth-order valence-electron chi connectivity index (χ4n) is 2.38. The first kappa shape index (κ1) is 13.0. The Morgan fingerprint density at radius 1 is 1.50 bits per heavy atom. The molecule has 1 amide bonds. The molecule has 0 aromatic heterocycles. The lowest BCUT2D eigenvalue weighted by Crippen LogP contribution is -2.57. The number of piperidine rings is 1. The zero-order valence-corrected chi connectivity index (χ0v) is 10.1. The van der Waals surface area contributed by atoms with Crippen LogP contribution in [0.1, 0.15) is 26.7 Å². The molecule has 16 heavy (non-hydrogen) atoms. The topological polar surface area (TPSA) is 69.6 Å². The number of likely N-dealkylation sites (tertiary alicyclic amines) is 1. The third-order valence-electron chi connectivity index (χ3n) is 3.15. The third-order valence-corrected chi connectivity index (χ3v) is 3.15. The monoisotopic (exact) mass is 228 g/mol. The van der Waals surface area contributed by atoms with E-state index in [0.717, 1.165) is 12.8 Å². The zero-order valence-electron chi connectivity index (χ0n) is 10.1. The number of amides is 1. The maximum atomic E-state index is 11.8. The average molecular weight is 228 g/mol. The molecule has 5 nitrogen and oxygen atoms in total. The van der Waals surface area contributed by atoms with Crippen LogP contribution in [-0.2, 0) is 9.59 Å². The first-order valence-electron chi connectivity index (χ1n) is 5.57. The second-order valence-corrected chi connectivity index (χ2v) is 4.95. The van der Waals surface area contributed by atoms with Gasteiger partial charge in [0.15, 0.2) is 0 Å². The number of carbonyl (C=O) groups excluding carboxylic acids is 1. The van der Waals surface area contributed by atoms with Crippen LogP contribution in [0.4, 0.5) is 0 Å². The molecular formula is C11H20N2O3. The SMILES string of the molecule is CNCC(=O)N1CCCC(C)(C)C1C(=O)O. The normalized spacial score (nSPS) is 24.2. The summed E-state index contributed by atoms with van der Waals surface area (Å²) in [5, 5.41) is 12.0. The molecule has 0 bridgehead atoms. The number of likely N-dealkylation sites (N-methyl/N-ethyl adjacent to an activating group) is 1. The second-order valence-electron chi connectivity index (χ2n) is 4.95. The molecule has 0 spiro atoms. The van der Waals surface area contributed by atoms with Gasteiger partial charge in [-0.1, -0.05) is 13.8 Å². The van der Waals surface area contributed by atoms with Gasteiger partial charge in [0.2, 0.25) is 5.91 Å². The van der Waals surface area contributed by atoms with Crippen molar-refractivity contribution in [3.63, 3.8) is 0 Å².